The molecule has 0 saturated carbocycles. The molecule has 0 atom stereocenters. The maximum atomic E-state index is 11.2. The van der Waals surface area contributed by atoms with E-state index in [1.54, 1.807) is 0 Å². The highest BCUT2D eigenvalue weighted by atomic mass is 16.7. The second kappa shape index (κ2) is 4.50. The van der Waals surface area contributed by atoms with Crippen molar-refractivity contribution in [3.8, 4) is 0 Å². The minimum Gasteiger partial charge on any atom is -0.465 e. The van der Waals surface area contributed by atoms with Gasteiger partial charge in [0.15, 0.2) is 0 Å². The predicted molar refractivity (Wildman–Crippen MR) is 43.0 cm³/mol. The molecule has 1 saturated heterocycles. The highest BCUT2D eigenvalue weighted by Gasteiger charge is 2.30. The quantitative estimate of drug-likeness (QED) is 0.262. The number of esters is 2. The maximum Gasteiger partial charge on any atom is 0.352 e. The molecule has 14 heavy (non-hydrogen) atoms. The second-order valence-electron chi connectivity index (χ2n) is 2.34. The number of methoxy groups -OCH3 is 2. The molecule has 1 rings (SSSR count). The Kier molecular flexibility index (Phi) is 3.33. The number of ether oxygens (including phenoxy) is 4. The Morgan fingerprint density at radius 3 is 1.86 bits per heavy atom. The van der Waals surface area contributed by atoms with Gasteiger partial charge in [-0.15, -0.1) is 0 Å². The standard InChI is InChI=1S/C8H10O6/c1-11-6(9)5(7(10)12-2)8-13-3-4-14-8/h3-4H2,1-2H3. The molecule has 1 aliphatic rings. The fraction of sp³-hybridized carbons (Fsp3) is 0.500. The van der Waals surface area contributed by atoms with Gasteiger partial charge in [-0.1, -0.05) is 0 Å². The van der Waals surface area contributed by atoms with Crippen molar-refractivity contribution < 1.29 is 28.5 Å². The summed E-state index contributed by atoms with van der Waals surface area (Å²) in [5.41, 5.74) is -0.354. The van der Waals surface area contributed by atoms with Crippen LogP contribution >= 0.6 is 0 Å². The first-order chi connectivity index (χ1) is 6.70. The van der Waals surface area contributed by atoms with Gasteiger partial charge in [-0.3, -0.25) is 0 Å². The van der Waals surface area contributed by atoms with Crippen LogP contribution in [0.4, 0.5) is 0 Å². The summed E-state index contributed by atoms with van der Waals surface area (Å²) in [6, 6.07) is 0. The summed E-state index contributed by atoms with van der Waals surface area (Å²) >= 11 is 0. The first kappa shape index (κ1) is 10.4. The lowest BCUT2D eigenvalue weighted by Gasteiger charge is -2.05. The van der Waals surface area contributed by atoms with Crippen LogP contribution in [0, 0.1) is 0 Å². The number of hydrogen-bond donors (Lipinski definition) is 0. The molecular weight excluding hydrogens is 192 g/mol. The second-order valence-corrected chi connectivity index (χ2v) is 2.34. The van der Waals surface area contributed by atoms with Gasteiger partial charge in [0.1, 0.15) is 13.2 Å². The van der Waals surface area contributed by atoms with Gasteiger partial charge < -0.3 is 18.9 Å². The van der Waals surface area contributed by atoms with Crippen LogP contribution in [0.25, 0.3) is 0 Å². The summed E-state index contributed by atoms with van der Waals surface area (Å²) in [5, 5.41) is 0. The van der Waals surface area contributed by atoms with Crippen LogP contribution in [0.5, 0.6) is 0 Å². The topological polar surface area (TPSA) is 71.1 Å². The molecule has 78 valence electrons. The molecule has 1 aliphatic heterocycles. The van der Waals surface area contributed by atoms with Crippen molar-refractivity contribution in [1.29, 1.82) is 0 Å². The number of carbonyl (C=O) groups is 2. The zero-order valence-corrected chi connectivity index (χ0v) is 7.86. The molecule has 1 fully saturated rings. The van der Waals surface area contributed by atoms with E-state index in [2.05, 4.69) is 9.47 Å². The lowest BCUT2D eigenvalue weighted by Crippen LogP contribution is -2.18. The fourth-order valence-electron chi connectivity index (χ4n) is 0.909. The molecule has 0 aliphatic carbocycles. The van der Waals surface area contributed by atoms with E-state index in [1.807, 2.05) is 0 Å². The van der Waals surface area contributed by atoms with Gasteiger partial charge in [0, 0.05) is 0 Å². The van der Waals surface area contributed by atoms with Gasteiger partial charge in [-0.05, 0) is 0 Å². The lowest BCUT2D eigenvalue weighted by atomic mass is 10.3. The SMILES string of the molecule is COC(=O)C(C(=O)OC)=C1OCCO1. The van der Waals surface area contributed by atoms with Crippen LogP contribution in [0.15, 0.2) is 11.5 Å². The van der Waals surface area contributed by atoms with Crippen LogP contribution in [-0.4, -0.2) is 39.4 Å². The lowest BCUT2D eigenvalue weighted by molar-refractivity contribution is -0.144. The molecular formula is C8H10O6. The highest BCUT2D eigenvalue weighted by molar-refractivity contribution is 6.14. The Bertz CT molecular complexity index is 254. The van der Waals surface area contributed by atoms with Crippen LogP contribution in [-0.2, 0) is 28.5 Å². The average Bonchev–Trinajstić information content (AvgIpc) is 2.70. The summed E-state index contributed by atoms with van der Waals surface area (Å²) in [4.78, 5) is 22.3. The van der Waals surface area contributed by atoms with Crippen molar-refractivity contribution in [3.05, 3.63) is 11.5 Å². The Balaban J connectivity index is 2.97. The van der Waals surface area contributed by atoms with Crippen LogP contribution < -0.4 is 0 Å². The van der Waals surface area contributed by atoms with Gasteiger partial charge in [0.2, 0.25) is 5.57 Å². The third-order valence-corrected chi connectivity index (χ3v) is 1.53. The molecule has 0 bridgehead atoms. The number of hydrogen-bond acceptors (Lipinski definition) is 6. The maximum absolute atomic E-state index is 11.2. The molecule has 0 spiro atoms. The third-order valence-electron chi connectivity index (χ3n) is 1.53. The zero-order chi connectivity index (χ0) is 10.6. The first-order valence-electron chi connectivity index (χ1n) is 3.87. The number of rotatable bonds is 2. The van der Waals surface area contributed by atoms with E-state index in [0.29, 0.717) is 13.2 Å². The molecule has 0 aromatic heterocycles. The summed E-state index contributed by atoms with van der Waals surface area (Å²) in [6.45, 7) is 0.597. The number of carbonyl (C=O) groups excluding carboxylic acids is 2. The van der Waals surface area contributed by atoms with E-state index in [1.165, 1.54) is 0 Å². The summed E-state index contributed by atoms with van der Waals surface area (Å²) < 4.78 is 18.6. The fourth-order valence-corrected chi connectivity index (χ4v) is 0.909. The van der Waals surface area contributed by atoms with Crippen LogP contribution in [0.3, 0.4) is 0 Å². The smallest absolute Gasteiger partial charge is 0.352 e. The molecule has 6 nitrogen and oxygen atoms in total. The average molecular weight is 202 g/mol. The van der Waals surface area contributed by atoms with Gasteiger partial charge >= 0.3 is 17.9 Å². The molecule has 0 N–H and O–H groups in total. The zero-order valence-electron chi connectivity index (χ0n) is 7.86. The van der Waals surface area contributed by atoms with Gasteiger partial charge in [0.05, 0.1) is 14.2 Å². The molecule has 0 aromatic carbocycles. The molecule has 0 aromatic rings. The van der Waals surface area contributed by atoms with Gasteiger partial charge in [0.25, 0.3) is 0 Å². The molecule has 6 heteroatoms. The Hall–Kier alpha value is -1.72. The van der Waals surface area contributed by atoms with Crippen molar-refractivity contribution in [2.45, 2.75) is 0 Å². The van der Waals surface area contributed by atoms with Crippen LogP contribution in [0.2, 0.25) is 0 Å². The first-order valence-corrected chi connectivity index (χ1v) is 3.87. The molecule has 0 radical (unpaired) electrons. The monoisotopic (exact) mass is 202 g/mol. The summed E-state index contributed by atoms with van der Waals surface area (Å²) in [7, 11) is 2.31. The Morgan fingerprint density at radius 1 is 1.07 bits per heavy atom. The summed E-state index contributed by atoms with van der Waals surface area (Å²) in [6.07, 6.45) is 0. The van der Waals surface area contributed by atoms with Crippen molar-refractivity contribution in [2.75, 3.05) is 27.4 Å². The predicted octanol–water partition coefficient (Wildman–Crippen LogP) is -0.409. The minimum atomic E-state index is -0.839. The van der Waals surface area contributed by atoms with E-state index >= 15 is 0 Å². The van der Waals surface area contributed by atoms with Crippen molar-refractivity contribution in [3.63, 3.8) is 0 Å². The molecule has 0 unspecified atom stereocenters. The molecule has 0 amide bonds. The van der Waals surface area contributed by atoms with Crippen molar-refractivity contribution >= 4 is 11.9 Å². The van der Waals surface area contributed by atoms with Crippen molar-refractivity contribution in [1.82, 2.24) is 0 Å². The summed E-state index contributed by atoms with van der Waals surface area (Å²) in [5.74, 6) is -1.81. The van der Waals surface area contributed by atoms with E-state index in [0.717, 1.165) is 14.2 Å². The largest absolute Gasteiger partial charge is 0.465 e. The van der Waals surface area contributed by atoms with E-state index < -0.39 is 11.9 Å². The minimum absolute atomic E-state index is 0.135. The van der Waals surface area contributed by atoms with Gasteiger partial charge in [-0.25, -0.2) is 9.59 Å². The molecule has 1 heterocycles. The normalized spacial score (nSPS) is 14.0. The van der Waals surface area contributed by atoms with Crippen molar-refractivity contribution in [2.24, 2.45) is 0 Å². The van der Waals surface area contributed by atoms with E-state index in [-0.39, 0.29) is 11.5 Å². The third kappa shape index (κ3) is 1.95. The Labute approximate surface area is 80.4 Å². The van der Waals surface area contributed by atoms with Crippen LogP contribution in [0.1, 0.15) is 0 Å². The van der Waals surface area contributed by atoms with E-state index in [9.17, 15) is 9.59 Å². The Morgan fingerprint density at radius 2 is 1.50 bits per heavy atom. The highest BCUT2D eigenvalue weighted by Crippen LogP contribution is 2.16. The van der Waals surface area contributed by atoms with E-state index in [4.69, 9.17) is 9.47 Å². The van der Waals surface area contributed by atoms with Gasteiger partial charge in [-0.2, -0.15) is 0 Å².